The van der Waals surface area contributed by atoms with Crippen LogP contribution >= 0.6 is 0 Å². The van der Waals surface area contributed by atoms with E-state index in [9.17, 15) is 18.7 Å². The molecule has 1 N–H and O–H groups in total. The molecule has 18 heavy (non-hydrogen) atoms. The lowest BCUT2D eigenvalue weighted by molar-refractivity contribution is -0.188. The standard InChI is InChI=1S/C12H14F2N2O2/c13-11(14)12(18)7-16(8-12)10(17)2-1-9-3-5-15-6-4-9/h3-6,11,18H,1-2,7-8H2. The molecular weight excluding hydrogens is 242 g/mol. The van der Waals surface area contributed by atoms with Gasteiger partial charge in [0.05, 0.1) is 13.1 Å². The van der Waals surface area contributed by atoms with Crippen molar-refractivity contribution < 1.29 is 18.7 Å². The van der Waals surface area contributed by atoms with Crippen molar-refractivity contribution in [3.05, 3.63) is 30.1 Å². The summed E-state index contributed by atoms with van der Waals surface area (Å²) >= 11 is 0. The summed E-state index contributed by atoms with van der Waals surface area (Å²) in [6.07, 6.45) is 1.27. The van der Waals surface area contributed by atoms with E-state index >= 15 is 0 Å². The van der Waals surface area contributed by atoms with Crippen LogP contribution in [0.2, 0.25) is 0 Å². The highest BCUT2D eigenvalue weighted by atomic mass is 19.3. The van der Waals surface area contributed by atoms with Crippen LogP contribution in [-0.4, -0.2) is 46.0 Å². The summed E-state index contributed by atoms with van der Waals surface area (Å²) in [7, 11) is 0. The first-order chi connectivity index (χ1) is 8.51. The zero-order valence-corrected chi connectivity index (χ0v) is 9.72. The van der Waals surface area contributed by atoms with Gasteiger partial charge in [-0.1, -0.05) is 0 Å². The fourth-order valence-electron chi connectivity index (χ4n) is 1.89. The smallest absolute Gasteiger partial charge is 0.270 e. The van der Waals surface area contributed by atoms with Gasteiger partial charge < -0.3 is 10.0 Å². The normalized spacial score (nSPS) is 17.7. The number of aromatic nitrogens is 1. The Morgan fingerprint density at radius 1 is 1.44 bits per heavy atom. The van der Waals surface area contributed by atoms with E-state index in [0.717, 1.165) is 5.56 Å². The third kappa shape index (κ3) is 2.64. The van der Waals surface area contributed by atoms with Gasteiger partial charge in [-0.05, 0) is 24.1 Å². The summed E-state index contributed by atoms with van der Waals surface area (Å²) in [5, 5.41) is 9.34. The van der Waals surface area contributed by atoms with Crippen LogP contribution < -0.4 is 0 Å². The average molecular weight is 256 g/mol. The minimum atomic E-state index is -2.80. The number of nitrogens with zero attached hydrogens (tertiary/aromatic N) is 2. The SMILES string of the molecule is O=C(CCc1ccncc1)N1CC(O)(C(F)F)C1. The Bertz CT molecular complexity index is 419. The number of aryl methyl sites for hydroxylation is 1. The topological polar surface area (TPSA) is 53.4 Å². The van der Waals surface area contributed by atoms with Gasteiger partial charge in [-0.3, -0.25) is 9.78 Å². The molecule has 0 spiro atoms. The second-order valence-corrected chi connectivity index (χ2v) is 4.51. The molecule has 0 aliphatic carbocycles. The molecule has 1 aliphatic heterocycles. The summed E-state index contributed by atoms with van der Waals surface area (Å²) in [4.78, 5) is 16.8. The number of pyridine rings is 1. The van der Waals surface area contributed by atoms with E-state index in [4.69, 9.17) is 0 Å². The van der Waals surface area contributed by atoms with E-state index in [1.54, 1.807) is 24.5 Å². The van der Waals surface area contributed by atoms with Crippen LogP contribution in [0.25, 0.3) is 0 Å². The fraction of sp³-hybridized carbons (Fsp3) is 0.500. The lowest BCUT2D eigenvalue weighted by atomic mass is 9.94. The number of rotatable bonds is 4. The van der Waals surface area contributed by atoms with E-state index in [1.165, 1.54) is 4.90 Å². The van der Waals surface area contributed by atoms with E-state index in [1.807, 2.05) is 0 Å². The molecule has 2 heterocycles. The fourth-order valence-corrected chi connectivity index (χ4v) is 1.89. The molecule has 1 fully saturated rings. The molecule has 0 radical (unpaired) electrons. The van der Waals surface area contributed by atoms with Crippen molar-refractivity contribution in [2.24, 2.45) is 0 Å². The van der Waals surface area contributed by atoms with Crippen LogP contribution in [0.3, 0.4) is 0 Å². The molecule has 0 atom stereocenters. The molecule has 0 aromatic carbocycles. The van der Waals surface area contributed by atoms with Crippen molar-refractivity contribution in [2.45, 2.75) is 24.9 Å². The lowest BCUT2D eigenvalue weighted by Gasteiger charge is -2.45. The minimum absolute atomic E-state index is 0.211. The first-order valence-corrected chi connectivity index (χ1v) is 5.68. The maximum atomic E-state index is 12.4. The third-order valence-corrected chi connectivity index (χ3v) is 3.07. The highest BCUT2D eigenvalue weighted by Gasteiger charge is 2.50. The molecule has 0 saturated carbocycles. The summed E-state index contributed by atoms with van der Waals surface area (Å²) < 4.78 is 24.7. The molecule has 1 aromatic heterocycles. The molecule has 1 aliphatic rings. The number of carbonyl (C=O) groups excluding carboxylic acids is 1. The van der Waals surface area contributed by atoms with Gasteiger partial charge in [0.25, 0.3) is 6.43 Å². The van der Waals surface area contributed by atoms with Gasteiger partial charge in [0.15, 0.2) is 5.60 Å². The summed E-state index contributed by atoms with van der Waals surface area (Å²) in [6.45, 7) is -0.556. The van der Waals surface area contributed by atoms with Crippen molar-refractivity contribution >= 4 is 5.91 Å². The second-order valence-electron chi connectivity index (χ2n) is 4.51. The van der Waals surface area contributed by atoms with E-state index in [2.05, 4.69) is 4.98 Å². The number of β-amino-alcohol motifs (C(OH)–C–C–N with tert-alkyl or cyclic N) is 1. The number of aliphatic hydroxyl groups is 1. The first kappa shape index (κ1) is 12.9. The van der Waals surface area contributed by atoms with Crippen molar-refractivity contribution in [3.63, 3.8) is 0 Å². The summed E-state index contributed by atoms with van der Waals surface area (Å²) in [5.74, 6) is -0.211. The number of likely N-dealkylation sites (tertiary alicyclic amines) is 1. The average Bonchev–Trinajstić information content (AvgIpc) is 2.33. The number of hydrogen-bond acceptors (Lipinski definition) is 3. The van der Waals surface area contributed by atoms with Gasteiger partial charge in [-0.25, -0.2) is 8.78 Å². The Balaban J connectivity index is 1.78. The predicted octanol–water partition coefficient (Wildman–Crippen LogP) is 0.853. The molecule has 1 saturated heterocycles. The van der Waals surface area contributed by atoms with Crippen LogP contribution in [0.15, 0.2) is 24.5 Å². The minimum Gasteiger partial charge on any atom is -0.380 e. The Labute approximate surface area is 103 Å². The first-order valence-electron chi connectivity index (χ1n) is 5.68. The Morgan fingerprint density at radius 3 is 2.61 bits per heavy atom. The highest BCUT2D eigenvalue weighted by molar-refractivity contribution is 5.77. The van der Waals surface area contributed by atoms with Crippen molar-refractivity contribution in [2.75, 3.05) is 13.1 Å². The number of hydrogen-bond donors (Lipinski definition) is 1. The predicted molar refractivity (Wildman–Crippen MR) is 60.1 cm³/mol. The van der Waals surface area contributed by atoms with Crippen molar-refractivity contribution in [1.82, 2.24) is 9.88 Å². The maximum absolute atomic E-state index is 12.4. The number of amides is 1. The zero-order chi connectivity index (χ0) is 13.2. The van der Waals surface area contributed by atoms with E-state index in [0.29, 0.717) is 6.42 Å². The van der Waals surface area contributed by atoms with Crippen LogP contribution in [-0.2, 0) is 11.2 Å². The van der Waals surface area contributed by atoms with Crippen molar-refractivity contribution in [1.29, 1.82) is 0 Å². The summed E-state index contributed by atoms with van der Waals surface area (Å²) in [5.41, 5.74) is -1.03. The molecule has 6 heteroatoms. The Morgan fingerprint density at radius 2 is 2.06 bits per heavy atom. The van der Waals surface area contributed by atoms with Crippen molar-refractivity contribution in [3.8, 4) is 0 Å². The van der Waals surface area contributed by atoms with Crippen LogP contribution in [0.5, 0.6) is 0 Å². The molecule has 0 bridgehead atoms. The molecule has 4 nitrogen and oxygen atoms in total. The van der Waals surface area contributed by atoms with E-state index in [-0.39, 0.29) is 25.4 Å². The highest BCUT2D eigenvalue weighted by Crippen LogP contribution is 2.28. The van der Waals surface area contributed by atoms with Gasteiger partial charge in [0.1, 0.15) is 0 Å². The van der Waals surface area contributed by atoms with Gasteiger partial charge >= 0.3 is 0 Å². The van der Waals surface area contributed by atoms with Crippen LogP contribution in [0.1, 0.15) is 12.0 Å². The zero-order valence-electron chi connectivity index (χ0n) is 9.72. The summed E-state index contributed by atoms with van der Waals surface area (Å²) in [6, 6.07) is 3.61. The lowest BCUT2D eigenvalue weighted by Crippen LogP contribution is -2.67. The molecular formula is C12H14F2N2O2. The number of carbonyl (C=O) groups is 1. The Kier molecular flexibility index (Phi) is 3.56. The Hall–Kier alpha value is -1.56. The monoisotopic (exact) mass is 256 g/mol. The number of halogens is 2. The molecule has 98 valence electrons. The second kappa shape index (κ2) is 4.97. The van der Waals surface area contributed by atoms with Crippen LogP contribution in [0, 0.1) is 0 Å². The van der Waals surface area contributed by atoms with Crippen LogP contribution in [0.4, 0.5) is 8.78 Å². The molecule has 1 aromatic rings. The molecule has 1 amide bonds. The largest absolute Gasteiger partial charge is 0.380 e. The molecule has 0 unspecified atom stereocenters. The third-order valence-electron chi connectivity index (χ3n) is 3.07. The van der Waals surface area contributed by atoms with Gasteiger partial charge in [-0.2, -0.15) is 0 Å². The van der Waals surface area contributed by atoms with E-state index < -0.39 is 12.0 Å². The van der Waals surface area contributed by atoms with Gasteiger partial charge in [0, 0.05) is 18.8 Å². The number of alkyl halides is 2. The maximum Gasteiger partial charge on any atom is 0.270 e. The quantitative estimate of drug-likeness (QED) is 0.869. The van der Waals surface area contributed by atoms with Gasteiger partial charge in [0.2, 0.25) is 5.91 Å². The van der Waals surface area contributed by atoms with Gasteiger partial charge in [-0.15, -0.1) is 0 Å². The molecule has 2 rings (SSSR count).